The van der Waals surface area contributed by atoms with E-state index in [4.69, 9.17) is 10.7 Å². The lowest BCUT2D eigenvalue weighted by Gasteiger charge is -2.10. The number of H-pyrrole nitrogens is 1. The number of aromatic amines is 1. The molecule has 0 radical (unpaired) electrons. The Bertz CT molecular complexity index is 869. The van der Waals surface area contributed by atoms with Crippen molar-refractivity contribution >= 4 is 38.5 Å². The van der Waals surface area contributed by atoms with Crippen molar-refractivity contribution in [2.75, 3.05) is 0 Å². The van der Waals surface area contributed by atoms with E-state index in [1.165, 1.54) is 41.5 Å². The summed E-state index contributed by atoms with van der Waals surface area (Å²) in [4.78, 5) is 27.0. The van der Waals surface area contributed by atoms with Crippen molar-refractivity contribution in [2.45, 2.75) is 77.5 Å². The summed E-state index contributed by atoms with van der Waals surface area (Å²) in [6.45, 7) is 6.59. The van der Waals surface area contributed by atoms with Gasteiger partial charge in [-0.2, -0.15) is 0 Å². The number of hydrogen-bond donors (Lipinski definition) is 2. The highest BCUT2D eigenvalue weighted by atomic mass is 32.2. The average molecular weight is 407 g/mol. The molecule has 0 aromatic carbocycles. The largest absolute Gasteiger partial charge is 0.379 e. The van der Waals surface area contributed by atoms with E-state index in [2.05, 4.69) is 30.7 Å². The molecule has 1 aliphatic rings. The maximum Gasteiger partial charge on any atom is 0.259 e. The summed E-state index contributed by atoms with van der Waals surface area (Å²) < 4.78 is 0. The summed E-state index contributed by atoms with van der Waals surface area (Å²) in [5.74, 6) is 1.96. The Labute approximate surface area is 169 Å². The molecule has 0 fully saturated rings. The zero-order valence-corrected chi connectivity index (χ0v) is 18.1. The first-order chi connectivity index (χ1) is 12.9. The van der Waals surface area contributed by atoms with E-state index in [9.17, 15) is 4.79 Å². The minimum Gasteiger partial charge on any atom is -0.379 e. The third-order valence-corrected chi connectivity index (χ3v) is 6.99. The first-order valence-corrected chi connectivity index (χ1v) is 11.7. The second kappa shape index (κ2) is 9.24. The van der Waals surface area contributed by atoms with Crippen LogP contribution in [0.2, 0.25) is 0 Å². The normalized spacial score (nSPS) is 16.1. The number of nitrogens with two attached hydrogens (primary N) is 1. The van der Waals surface area contributed by atoms with E-state index in [1.807, 2.05) is 0 Å². The van der Waals surface area contributed by atoms with Gasteiger partial charge in [0.15, 0.2) is 5.17 Å². The fraction of sp³-hybridized carbons (Fsp3) is 0.650. The van der Waals surface area contributed by atoms with Crippen molar-refractivity contribution in [2.24, 2.45) is 16.6 Å². The summed E-state index contributed by atoms with van der Waals surface area (Å²) >= 11 is 3.13. The second-order valence-electron chi connectivity index (χ2n) is 7.83. The molecule has 5 nitrogen and oxygen atoms in total. The number of thiophene rings is 1. The van der Waals surface area contributed by atoms with Crippen molar-refractivity contribution < 1.29 is 0 Å². The molecule has 1 aliphatic carbocycles. The van der Waals surface area contributed by atoms with Gasteiger partial charge in [0.05, 0.1) is 11.1 Å². The highest BCUT2D eigenvalue weighted by molar-refractivity contribution is 8.13. The van der Waals surface area contributed by atoms with Gasteiger partial charge < -0.3 is 10.7 Å². The minimum absolute atomic E-state index is 0.00689. The third-order valence-electron chi connectivity index (χ3n) is 4.98. The van der Waals surface area contributed by atoms with E-state index in [-0.39, 0.29) is 11.6 Å². The number of hydrogen-bond acceptors (Lipinski definition) is 5. The molecule has 3 N–H and O–H groups in total. The first-order valence-electron chi connectivity index (χ1n) is 9.93. The number of aliphatic imine (C=N–C) groups is 1. The van der Waals surface area contributed by atoms with E-state index in [0.717, 1.165) is 41.8 Å². The summed E-state index contributed by atoms with van der Waals surface area (Å²) in [6.07, 6.45) is 7.91. The van der Waals surface area contributed by atoms with Crippen LogP contribution in [0.3, 0.4) is 0 Å². The zero-order chi connectivity index (χ0) is 19.4. The fourth-order valence-corrected chi connectivity index (χ4v) is 5.52. The van der Waals surface area contributed by atoms with Crippen LogP contribution in [-0.2, 0) is 18.6 Å². The molecule has 0 saturated carbocycles. The van der Waals surface area contributed by atoms with Gasteiger partial charge in [-0.3, -0.25) is 9.79 Å². The molecular weight excluding hydrogens is 376 g/mol. The quantitative estimate of drug-likeness (QED) is 0.519. The van der Waals surface area contributed by atoms with Crippen molar-refractivity contribution in [1.29, 1.82) is 0 Å². The lowest BCUT2D eigenvalue weighted by atomic mass is 9.97. The Morgan fingerprint density at radius 2 is 2.07 bits per heavy atom. The number of fused-ring (bicyclic) bond motifs is 3. The van der Waals surface area contributed by atoms with Gasteiger partial charge in [0.1, 0.15) is 10.7 Å². The van der Waals surface area contributed by atoms with Gasteiger partial charge in [0.25, 0.3) is 5.56 Å². The van der Waals surface area contributed by atoms with Crippen LogP contribution < -0.4 is 11.3 Å². The predicted octanol–water partition coefficient (Wildman–Crippen LogP) is 4.63. The SMILES string of the molecule is CC(C)CCC[C@H](C)N=C(N)SCc1nc2sc3c(c2c(=O)[nH]1)CCCC3. The molecule has 0 spiro atoms. The summed E-state index contributed by atoms with van der Waals surface area (Å²) in [6, 6.07) is 0.231. The minimum atomic E-state index is -0.00689. The zero-order valence-electron chi connectivity index (χ0n) is 16.5. The molecule has 1 atom stereocenters. The summed E-state index contributed by atoms with van der Waals surface area (Å²) in [5.41, 5.74) is 7.30. The van der Waals surface area contributed by atoms with Crippen LogP contribution >= 0.6 is 23.1 Å². The van der Waals surface area contributed by atoms with Crippen LogP contribution in [-0.4, -0.2) is 21.2 Å². The van der Waals surface area contributed by atoms with Crippen molar-refractivity contribution in [3.63, 3.8) is 0 Å². The Hall–Kier alpha value is -1.34. The number of aromatic nitrogens is 2. The number of nitrogens with zero attached hydrogens (tertiary/aromatic N) is 2. The van der Waals surface area contributed by atoms with Gasteiger partial charge in [0.2, 0.25) is 0 Å². The van der Waals surface area contributed by atoms with Crippen LogP contribution in [0.25, 0.3) is 10.2 Å². The van der Waals surface area contributed by atoms with Gasteiger partial charge in [-0.25, -0.2) is 4.98 Å². The lowest BCUT2D eigenvalue weighted by molar-refractivity contribution is 0.512. The van der Waals surface area contributed by atoms with Crippen LogP contribution in [0.4, 0.5) is 0 Å². The highest BCUT2D eigenvalue weighted by Gasteiger charge is 2.19. The standard InChI is InChI=1S/C20H30N4OS2/c1-12(2)7-6-8-13(3)22-20(21)26-11-16-23-18(25)17-14-9-4-5-10-15(14)27-19(17)24-16/h12-13H,4-11H2,1-3H3,(H2,21,22)(H,23,24,25)/t13-/m0/s1. The third kappa shape index (κ3) is 5.35. The predicted molar refractivity (Wildman–Crippen MR) is 118 cm³/mol. The molecule has 2 aromatic rings. The van der Waals surface area contributed by atoms with Crippen molar-refractivity contribution in [3.05, 3.63) is 26.6 Å². The second-order valence-corrected chi connectivity index (χ2v) is 9.91. The number of amidine groups is 1. The molecule has 27 heavy (non-hydrogen) atoms. The van der Waals surface area contributed by atoms with E-state index < -0.39 is 0 Å². The summed E-state index contributed by atoms with van der Waals surface area (Å²) in [5, 5.41) is 1.38. The van der Waals surface area contributed by atoms with Crippen molar-refractivity contribution in [1.82, 2.24) is 9.97 Å². The Kier molecular flexibility index (Phi) is 6.98. The molecule has 2 heterocycles. The fourth-order valence-electron chi connectivity index (χ4n) is 3.56. The molecule has 2 aromatic heterocycles. The maximum atomic E-state index is 12.6. The van der Waals surface area contributed by atoms with Gasteiger partial charge in [0, 0.05) is 10.9 Å². The molecule has 148 valence electrons. The van der Waals surface area contributed by atoms with Crippen molar-refractivity contribution in [3.8, 4) is 0 Å². The number of thioether (sulfide) groups is 1. The van der Waals surface area contributed by atoms with Gasteiger partial charge in [-0.15, -0.1) is 11.3 Å². The van der Waals surface area contributed by atoms with Gasteiger partial charge in [-0.05, 0) is 50.5 Å². The highest BCUT2D eigenvalue weighted by Crippen LogP contribution is 2.33. The molecular formula is C20H30N4OS2. The van der Waals surface area contributed by atoms with Crippen LogP contribution in [0.15, 0.2) is 9.79 Å². The molecule has 0 bridgehead atoms. The molecule has 0 aliphatic heterocycles. The first kappa shape index (κ1) is 20.4. The molecule has 0 amide bonds. The number of nitrogens with one attached hydrogen (secondary N) is 1. The van der Waals surface area contributed by atoms with Crippen LogP contribution in [0.1, 0.15) is 69.1 Å². The molecule has 7 heteroatoms. The van der Waals surface area contributed by atoms with E-state index in [1.54, 1.807) is 11.3 Å². The molecule has 0 unspecified atom stereocenters. The van der Waals surface area contributed by atoms with Crippen LogP contribution in [0, 0.1) is 5.92 Å². The Morgan fingerprint density at radius 1 is 1.30 bits per heavy atom. The summed E-state index contributed by atoms with van der Waals surface area (Å²) in [7, 11) is 0. The lowest BCUT2D eigenvalue weighted by Crippen LogP contribution is -2.15. The monoisotopic (exact) mass is 406 g/mol. The topological polar surface area (TPSA) is 84.1 Å². The average Bonchev–Trinajstić information content (AvgIpc) is 2.98. The van der Waals surface area contributed by atoms with Gasteiger partial charge >= 0.3 is 0 Å². The number of aryl methyl sites for hydroxylation is 2. The maximum absolute atomic E-state index is 12.6. The Morgan fingerprint density at radius 3 is 2.85 bits per heavy atom. The molecule has 0 saturated heterocycles. The Balaban J connectivity index is 1.63. The van der Waals surface area contributed by atoms with Gasteiger partial charge in [-0.1, -0.05) is 38.5 Å². The van der Waals surface area contributed by atoms with Crippen LogP contribution in [0.5, 0.6) is 0 Å². The number of rotatable bonds is 7. The van der Waals surface area contributed by atoms with E-state index >= 15 is 0 Å². The van der Waals surface area contributed by atoms with E-state index in [0.29, 0.717) is 16.7 Å². The molecule has 3 rings (SSSR count). The smallest absolute Gasteiger partial charge is 0.259 e.